The lowest BCUT2D eigenvalue weighted by Crippen LogP contribution is -2.61. The molecule has 0 bridgehead atoms. The summed E-state index contributed by atoms with van der Waals surface area (Å²) in [6, 6.07) is 4.52. The molecule has 0 aromatic heterocycles. The first-order chi connectivity index (χ1) is 11.5. The van der Waals surface area contributed by atoms with Gasteiger partial charge in [0.1, 0.15) is 30.2 Å². The van der Waals surface area contributed by atoms with Gasteiger partial charge in [-0.2, -0.15) is 0 Å². The van der Waals surface area contributed by atoms with Crippen molar-refractivity contribution in [3.63, 3.8) is 0 Å². The molecule has 0 amide bonds. The fourth-order valence-corrected chi connectivity index (χ4v) is 2.82. The molecule has 1 saturated heterocycles. The number of aliphatic hydroxyl groups excluding tert-OH is 4. The average Bonchev–Trinajstić information content (AvgIpc) is 2.54. The number of nitrogens with zero attached hydrogens (tertiary/aromatic N) is 1. The molecule has 140 valence electrons. The van der Waals surface area contributed by atoms with Crippen molar-refractivity contribution in [1.82, 2.24) is 0 Å². The molecular weight excluding hydrogens is 365 g/mol. The van der Waals surface area contributed by atoms with Gasteiger partial charge in [0, 0.05) is 12.1 Å². The summed E-state index contributed by atoms with van der Waals surface area (Å²) in [5.41, 5.74) is -0.234. The van der Waals surface area contributed by atoms with E-state index in [1.165, 1.54) is 12.1 Å². The molecule has 1 heterocycles. The van der Waals surface area contributed by atoms with E-state index in [-0.39, 0.29) is 11.4 Å². The van der Waals surface area contributed by atoms with Gasteiger partial charge in [0.05, 0.1) is 4.92 Å². The third kappa shape index (κ3) is 4.32. The van der Waals surface area contributed by atoms with E-state index < -0.39 is 49.1 Å². The molecule has 1 aliphatic heterocycles. The SMILES string of the molecule is O=[N+]([O-])c1ccc(O[C@H]2O[C@H](C(O)P(=O)(O)O)[C@@H](O)[C@H](O)[C@@H]2O)cc1. The number of ether oxygens (including phenoxy) is 2. The Morgan fingerprint density at radius 3 is 2.16 bits per heavy atom. The van der Waals surface area contributed by atoms with Gasteiger partial charge in [-0.15, -0.1) is 0 Å². The highest BCUT2D eigenvalue weighted by atomic mass is 31.2. The van der Waals surface area contributed by atoms with Crippen molar-refractivity contribution in [2.75, 3.05) is 0 Å². The van der Waals surface area contributed by atoms with Crippen LogP contribution in [-0.2, 0) is 9.30 Å². The van der Waals surface area contributed by atoms with Gasteiger partial charge in [0.25, 0.3) is 5.69 Å². The maximum absolute atomic E-state index is 11.1. The van der Waals surface area contributed by atoms with Crippen LogP contribution < -0.4 is 4.74 Å². The molecular formula is C12H16NO11P. The molecule has 6 atom stereocenters. The van der Waals surface area contributed by atoms with Crippen LogP contribution in [-0.4, -0.2) is 71.7 Å². The predicted molar refractivity (Wildman–Crippen MR) is 78.5 cm³/mol. The molecule has 2 rings (SSSR count). The molecule has 0 spiro atoms. The fraction of sp³-hybridized carbons (Fsp3) is 0.500. The zero-order valence-corrected chi connectivity index (χ0v) is 13.3. The molecule has 1 aromatic carbocycles. The molecule has 0 saturated carbocycles. The minimum atomic E-state index is -5.09. The second kappa shape index (κ2) is 7.32. The van der Waals surface area contributed by atoms with Crippen LogP contribution in [0.1, 0.15) is 0 Å². The summed E-state index contributed by atoms with van der Waals surface area (Å²) in [5, 5.41) is 49.6. The summed E-state index contributed by atoms with van der Waals surface area (Å²) in [4.78, 5) is 27.9. The summed E-state index contributed by atoms with van der Waals surface area (Å²) >= 11 is 0. The van der Waals surface area contributed by atoms with Crippen molar-refractivity contribution < 1.29 is 49.2 Å². The Kier molecular flexibility index (Phi) is 5.76. The molecule has 13 heteroatoms. The van der Waals surface area contributed by atoms with Gasteiger partial charge < -0.3 is 39.7 Å². The molecule has 1 aliphatic rings. The number of benzene rings is 1. The molecule has 0 radical (unpaired) electrons. The standard InChI is InChI=1S/C12H16NO11P/c14-7-8(15)10(11(17)25(20,21)22)24-12(9(7)16)23-6-3-1-5(2-4-6)13(18)19/h1-4,7-12,14-17H,(H2,20,21,22)/t7-,8-,9-,10-,11?,12-/m0/s1. The Bertz CT molecular complexity index is 662. The Morgan fingerprint density at radius 2 is 1.68 bits per heavy atom. The molecule has 6 N–H and O–H groups in total. The van der Waals surface area contributed by atoms with Crippen molar-refractivity contribution in [3.05, 3.63) is 34.4 Å². The van der Waals surface area contributed by atoms with Crippen LogP contribution in [0.3, 0.4) is 0 Å². The van der Waals surface area contributed by atoms with E-state index in [2.05, 4.69) is 0 Å². The molecule has 0 aliphatic carbocycles. The number of rotatable bonds is 5. The highest BCUT2D eigenvalue weighted by Gasteiger charge is 2.51. The van der Waals surface area contributed by atoms with Gasteiger partial charge in [-0.3, -0.25) is 14.7 Å². The lowest BCUT2D eigenvalue weighted by molar-refractivity contribution is -0.384. The van der Waals surface area contributed by atoms with Gasteiger partial charge >= 0.3 is 7.60 Å². The second-order valence-corrected chi connectivity index (χ2v) is 7.02. The number of nitro groups is 1. The first-order valence-electron chi connectivity index (χ1n) is 6.86. The van der Waals surface area contributed by atoms with Crippen LogP contribution in [0.15, 0.2) is 24.3 Å². The summed E-state index contributed by atoms with van der Waals surface area (Å²) in [7, 11) is -5.09. The van der Waals surface area contributed by atoms with E-state index in [0.717, 1.165) is 12.1 Å². The molecule has 1 fully saturated rings. The molecule has 12 nitrogen and oxygen atoms in total. The minimum Gasteiger partial charge on any atom is -0.462 e. The maximum atomic E-state index is 11.1. The van der Waals surface area contributed by atoms with E-state index >= 15 is 0 Å². The summed E-state index contributed by atoms with van der Waals surface area (Å²) in [6.07, 6.45) is -9.38. The van der Waals surface area contributed by atoms with Crippen molar-refractivity contribution in [3.8, 4) is 5.75 Å². The lowest BCUT2D eigenvalue weighted by atomic mass is 9.99. The van der Waals surface area contributed by atoms with Crippen LogP contribution in [0, 0.1) is 10.1 Å². The average molecular weight is 381 g/mol. The first-order valence-corrected chi connectivity index (χ1v) is 8.54. The van der Waals surface area contributed by atoms with E-state index in [1.54, 1.807) is 0 Å². The monoisotopic (exact) mass is 381 g/mol. The quantitative estimate of drug-likeness (QED) is 0.192. The topological polar surface area (TPSA) is 200 Å². The summed E-state index contributed by atoms with van der Waals surface area (Å²) in [6.45, 7) is 0. The van der Waals surface area contributed by atoms with Crippen LogP contribution in [0.2, 0.25) is 0 Å². The number of hydrogen-bond acceptors (Lipinski definition) is 9. The summed E-state index contributed by atoms with van der Waals surface area (Å²) in [5.74, 6) is -2.49. The van der Waals surface area contributed by atoms with Crippen molar-refractivity contribution >= 4 is 13.3 Å². The maximum Gasteiger partial charge on any atom is 0.356 e. The molecule has 25 heavy (non-hydrogen) atoms. The van der Waals surface area contributed by atoms with E-state index in [1.807, 2.05) is 0 Å². The highest BCUT2D eigenvalue weighted by molar-refractivity contribution is 7.52. The van der Waals surface area contributed by atoms with Gasteiger partial charge in [-0.1, -0.05) is 0 Å². The smallest absolute Gasteiger partial charge is 0.356 e. The largest absolute Gasteiger partial charge is 0.462 e. The van der Waals surface area contributed by atoms with E-state index in [9.17, 15) is 35.1 Å². The third-order valence-corrected chi connectivity index (χ3v) is 4.53. The van der Waals surface area contributed by atoms with Crippen LogP contribution >= 0.6 is 7.60 Å². The Morgan fingerprint density at radius 1 is 1.12 bits per heavy atom. The van der Waals surface area contributed by atoms with Gasteiger partial charge in [0.15, 0.2) is 5.85 Å². The van der Waals surface area contributed by atoms with Gasteiger partial charge in [0.2, 0.25) is 6.29 Å². The van der Waals surface area contributed by atoms with Crippen molar-refractivity contribution in [1.29, 1.82) is 0 Å². The van der Waals surface area contributed by atoms with Crippen molar-refractivity contribution in [2.45, 2.75) is 36.6 Å². The second-order valence-electron chi connectivity index (χ2n) is 5.31. The number of non-ortho nitro benzene ring substituents is 1. The van der Waals surface area contributed by atoms with E-state index in [0.29, 0.717) is 0 Å². The Hall–Kier alpha value is -1.63. The van der Waals surface area contributed by atoms with Crippen molar-refractivity contribution in [2.24, 2.45) is 0 Å². The van der Waals surface area contributed by atoms with Crippen LogP contribution in [0.5, 0.6) is 5.75 Å². The number of nitro benzene ring substituents is 1. The molecule has 1 unspecified atom stereocenters. The fourth-order valence-electron chi connectivity index (χ4n) is 2.19. The van der Waals surface area contributed by atoms with Gasteiger partial charge in [-0.05, 0) is 12.1 Å². The highest BCUT2D eigenvalue weighted by Crippen LogP contribution is 2.44. The zero-order chi connectivity index (χ0) is 18.9. The van der Waals surface area contributed by atoms with Crippen LogP contribution in [0.4, 0.5) is 5.69 Å². The normalized spacial score (nSPS) is 31.4. The van der Waals surface area contributed by atoms with E-state index in [4.69, 9.17) is 19.3 Å². The minimum absolute atomic E-state index is 0.0253. The Labute approximate surface area is 140 Å². The summed E-state index contributed by atoms with van der Waals surface area (Å²) < 4.78 is 21.3. The molecule has 1 aromatic rings. The Balaban J connectivity index is 2.18. The van der Waals surface area contributed by atoms with Gasteiger partial charge in [-0.25, -0.2) is 0 Å². The van der Waals surface area contributed by atoms with Crippen LogP contribution in [0.25, 0.3) is 0 Å². The lowest BCUT2D eigenvalue weighted by Gasteiger charge is -2.41. The first kappa shape index (κ1) is 19.7. The number of aliphatic hydroxyl groups is 4. The predicted octanol–water partition coefficient (Wildman–Crippen LogP) is -1.72. The number of hydrogen-bond donors (Lipinski definition) is 6. The third-order valence-electron chi connectivity index (χ3n) is 3.54. The zero-order valence-electron chi connectivity index (χ0n) is 12.4.